The van der Waals surface area contributed by atoms with E-state index in [-0.39, 0.29) is 5.91 Å². The Morgan fingerprint density at radius 3 is 2.86 bits per heavy atom. The van der Waals surface area contributed by atoms with Crippen LogP contribution in [-0.4, -0.2) is 21.1 Å². The van der Waals surface area contributed by atoms with Crippen molar-refractivity contribution in [1.82, 2.24) is 20.5 Å². The average Bonchev–Trinajstić information content (AvgIpc) is 2.87. The minimum atomic E-state index is -0.219. The standard InChI is InChI=1S/C15H15N5OS/c1-8-9(2)19-20-15-11(8)12(16)13(22-15)14(21)18-7-10-5-3-4-6-17-10/h3-6H,7,16H2,1-2H3,(H,18,21). The number of hydrogen-bond donors (Lipinski definition) is 2. The predicted molar refractivity (Wildman–Crippen MR) is 86.7 cm³/mol. The Morgan fingerprint density at radius 2 is 2.14 bits per heavy atom. The second kappa shape index (κ2) is 5.69. The maximum atomic E-state index is 12.3. The minimum Gasteiger partial charge on any atom is -0.397 e. The zero-order chi connectivity index (χ0) is 15.7. The van der Waals surface area contributed by atoms with E-state index < -0.39 is 0 Å². The van der Waals surface area contributed by atoms with E-state index in [1.54, 1.807) is 6.20 Å². The number of nitrogens with zero attached hydrogens (tertiary/aromatic N) is 3. The van der Waals surface area contributed by atoms with Gasteiger partial charge >= 0.3 is 0 Å². The van der Waals surface area contributed by atoms with Crippen LogP contribution in [0.15, 0.2) is 24.4 Å². The summed E-state index contributed by atoms with van der Waals surface area (Å²) in [5, 5.41) is 11.8. The summed E-state index contributed by atoms with van der Waals surface area (Å²) in [6.07, 6.45) is 1.69. The van der Waals surface area contributed by atoms with Crippen molar-refractivity contribution in [3.63, 3.8) is 0 Å². The first-order valence-corrected chi connectivity index (χ1v) is 7.59. The van der Waals surface area contributed by atoms with Gasteiger partial charge in [-0.05, 0) is 31.5 Å². The molecule has 112 valence electrons. The maximum absolute atomic E-state index is 12.3. The SMILES string of the molecule is Cc1nnc2sc(C(=O)NCc3ccccn3)c(N)c2c1C. The highest BCUT2D eigenvalue weighted by Gasteiger charge is 2.19. The third-order valence-electron chi connectivity index (χ3n) is 3.50. The van der Waals surface area contributed by atoms with Crippen molar-refractivity contribution in [2.24, 2.45) is 0 Å². The van der Waals surface area contributed by atoms with E-state index in [1.807, 2.05) is 32.0 Å². The van der Waals surface area contributed by atoms with Gasteiger partial charge < -0.3 is 11.1 Å². The molecular formula is C15H15N5OS. The molecule has 0 spiro atoms. The summed E-state index contributed by atoms with van der Waals surface area (Å²) in [6, 6.07) is 5.57. The molecule has 7 heteroatoms. The molecule has 0 aromatic carbocycles. The van der Waals surface area contributed by atoms with Gasteiger partial charge in [0.2, 0.25) is 0 Å². The van der Waals surface area contributed by atoms with Gasteiger partial charge in [0.05, 0.1) is 23.6 Å². The van der Waals surface area contributed by atoms with Crippen LogP contribution in [-0.2, 0) is 6.54 Å². The monoisotopic (exact) mass is 313 g/mol. The number of nitrogen functional groups attached to an aromatic ring is 1. The lowest BCUT2D eigenvalue weighted by Crippen LogP contribution is -2.23. The first-order chi connectivity index (χ1) is 10.6. The number of hydrogen-bond acceptors (Lipinski definition) is 6. The Bertz CT molecular complexity index is 844. The Labute approximate surface area is 131 Å². The number of carbonyl (C=O) groups excluding carboxylic acids is 1. The molecule has 3 aromatic rings. The van der Waals surface area contributed by atoms with E-state index in [0.29, 0.717) is 21.9 Å². The largest absolute Gasteiger partial charge is 0.397 e. The number of aromatic nitrogens is 3. The van der Waals surface area contributed by atoms with E-state index in [1.165, 1.54) is 11.3 Å². The zero-order valence-electron chi connectivity index (χ0n) is 12.3. The summed E-state index contributed by atoms with van der Waals surface area (Å²) in [4.78, 5) is 17.7. The number of anilines is 1. The molecule has 0 bridgehead atoms. The number of carbonyl (C=O) groups is 1. The van der Waals surface area contributed by atoms with E-state index in [9.17, 15) is 4.79 Å². The molecular weight excluding hydrogens is 298 g/mol. The molecule has 1 amide bonds. The zero-order valence-corrected chi connectivity index (χ0v) is 13.1. The Kier molecular flexibility index (Phi) is 3.72. The maximum Gasteiger partial charge on any atom is 0.263 e. The Morgan fingerprint density at radius 1 is 1.32 bits per heavy atom. The van der Waals surface area contributed by atoms with Gasteiger partial charge in [0, 0.05) is 11.6 Å². The normalized spacial score (nSPS) is 10.8. The van der Waals surface area contributed by atoms with Crippen LogP contribution in [0.2, 0.25) is 0 Å². The third-order valence-corrected chi connectivity index (χ3v) is 4.59. The van der Waals surface area contributed by atoms with Gasteiger partial charge in [0.25, 0.3) is 5.91 Å². The molecule has 0 aliphatic rings. The fourth-order valence-corrected chi connectivity index (χ4v) is 3.18. The lowest BCUT2D eigenvalue weighted by atomic mass is 10.1. The van der Waals surface area contributed by atoms with Crippen molar-refractivity contribution in [1.29, 1.82) is 0 Å². The van der Waals surface area contributed by atoms with Crippen molar-refractivity contribution in [2.45, 2.75) is 20.4 Å². The van der Waals surface area contributed by atoms with Gasteiger partial charge in [0.1, 0.15) is 9.71 Å². The molecule has 0 atom stereocenters. The van der Waals surface area contributed by atoms with Gasteiger partial charge in [-0.15, -0.1) is 16.4 Å². The van der Waals surface area contributed by atoms with Crippen molar-refractivity contribution in [2.75, 3.05) is 5.73 Å². The molecule has 3 N–H and O–H groups in total. The van der Waals surface area contributed by atoms with Crippen molar-refractivity contribution in [3.8, 4) is 0 Å². The van der Waals surface area contributed by atoms with Crippen molar-refractivity contribution in [3.05, 3.63) is 46.2 Å². The third kappa shape index (κ3) is 2.50. The van der Waals surface area contributed by atoms with Gasteiger partial charge in [-0.2, -0.15) is 5.10 Å². The molecule has 0 fully saturated rings. The van der Waals surface area contributed by atoms with Crippen LogP contribution in [0.25, 0.3) is 10.2 Å². The highest BCUT2D eigenvalue weighted by atomic mass is 32.1. The number of fused-ring (bicyclic) bond motifs is 1. The molecule has 0 aliphatic carbocycles. The smallest absolute Gasteiger partial charge is 0.263 e. The average molecular weight is 313 g/mol. The Hall–Kier alpha value is -2.54. The number of nitrogens with two attached hydrogens (primary N) is 1. The summed E-state index contributed by atoms with van der Waals surface area (Å²) < 4.78 is 0. The van der Waals surface area contributed by atoms with E-state index in [2.05, 4.69) is 20.5 Å². The van der Waals surface area contributed by atoms with Crippen LogP contribution >= 0.6 is 11.3 Å². The number of rotatable bonds is 3. The van der Waals surface area contributed by atoms with E-state index in [0.717, 1.165) is 22.3 Å². The summed E-state index contributed by atoms with van der Waals surface area (Å²) in [5.74, 6) is -0.219. The fourth-order valence-electron chi connectivity index (χ4n) is 2.16. The molecule has 6 nitrogen and oxygen atoms in total. The fraction of sp³-hybridized carbons (Fsp3) is 0.200. The number of nitrogens with one attached hydrogen (secondary N) is 1. The van der Waals surface area contributed by atoms with E-state index >= 15 is 0 Å². The molecule has 0 radical (unpaired) electrons. The van der Waals surface area contributed by atoms with Crippen LogP contribution in [0, 0.1) is 13.8 Å². The van der Waals surface area contributed by atoms with E-state index in [4.69, 9.17) is 5.73 Å². The predicted octanol–water partition coefficient (Wildman–Crippen LogP) is 2.22. The lowest BCUT2D eigenvalue weighted by molar-refractivity contribution is 0.0955. The van der Waals surface area contributed by atoms with Gasteiger partial charge in [0.15, 0.2) is 0 Å². The van der Waals surface area contributed by atoms with Crippen LogP contribution in [0.3, 0.4) is 0 Å². The van der Waals surface area contributed by atoms with Crippen LogP contribution in [0.1, 0.15) is 26.6 Å². The molecule has 0 unspecified atom stereocenters. The summed E-state index contributed by atoms with van der Waals surface area (Å²) in [5.41, 5.74) is 9.18. The first kappa shape index (κ1) is 14.4. The second-order valence-corrected chi connectivity index (χ2v) is 5.94. The topological polar surface area (TPSA) is 93.8 Å². The minimum absolute atomic E-state index is 0.219. The van der Waals surface area contributed by atoms with Crippen LogP contribution in [0.4, 0.5) is 5.69 Å². The number of amides is 1. The summed E-state index contributed by atoms with van der Waals surface area (Å²) in [7, 11) is 0. The molecule has 22 heavy (non-hydrogen) atoms. The van der Waals surface area contributed by atoms with Gasteiger partial charge in [-0.3, -0.25) is 9.78 Å². The molecule has 3 rings (SSSR count). The second-order valence-electron chi connectivity index (χ2n) is 4.94. The summed E-state index contributed by atoms with van der Waals surface area (Å²) >= 11 is 1.26. The molecule has 0 aliphatic heterocycles. The van der Waals surface area contributed by atoms with Crippen LogP contribution in [0.5, 0.6) is 0 Å². The van der Waals surface area contributed by atoms with Crippen LogP contribution < -0.4 is 11.1 Å². The lowest BCUT2D eigenvalue weighted by Gasteiger charge is -2.04. The highest BCUT2D eigenvalue weighted by Crippen LogP contribution is 2.34. The molecule has 0 saturated carbocycles. The quantitative estimate of drug-likeness (QED) is 0.773. The highest BCUT2D eigenvalue weighted by molar-refractivity contribution is 7.21. The van der Waals surface area contributed by atoms with Gasteiger partial charge in [-0.25, -0.2) is 0 Å². The molecule has 0 saturated heterocycles. The van der Waals surface area contributed by atoms with Crippen molar-refractivity contribution >= 4 is 33.1 Å². The number of pyridine rings is 1. The molecule has 3 heterocycles. The molecule has 3 aromatic heterocycles. The van der Waals surface area contributed by atoms with Crippen molar-refractivity contribution < 1.29 is 4.79 Å². The summed E-state index contributed by atoms with van der Waals surface area (Å²) in [6.45, 7) is 4.17. The number of aryl methyl sites for hydroxylation is 2. The first-order valence-electron chi connectivity index (χ1n) is 6.78. The Balaban J connectivity index is 1.88. The number of thiophene rings is 1. The van der Waals surface area contributed by atoms with Gasteiger partial charge in [-0.1, -0.05) is 6.07 Å².